The smallest absolute Gasteiger partial charge is 0.274 e. The lowest BCUT2D eigenvalue weighted by atomic mass is 10.0. The number of amides is 1. The molecule has 6 heteroatoms. The van der Waals surface area contributed by atoms with Crippen molar-refractivity contribution in [3.8, 4) is 23.0 Å². The van der Waals surface area contributed by atoms with Gasteiger partial charge in [0.05, 0.1) is 0 Å². The lowest BCUT2D eigenvalue weighted by Gasteiger charge is -2.11. The van der Waals surface area contributed by atoms with Crippen molar-refractivity contribution in [3.05, 3.63) is 70.4 Å². The molecule has 0 atom stereocenters. The third-order valence-corrected chi connectivity index (χ3v) is 4.55. The van der Waals surface area contributed by atoms with Gasteiger partial charge in [0.2, 0.25) is 5.75 Å². The number of benzene rings is 2. The Morgan fingerprint density at radius 1 is 1.00 bits per heavy atom. The third kappa shape index (κ3) is 3.89. The number of hydrogen-bond acceptors (Lipinski definition) is 5. The maximum absolute atomic E-state index is 12.6. The Hall–Kier alpha value is -3.41. The van der Waals surface area contributed by atoms with Gasteiger partial charge in [-0.1, -0.05) is 48.0 Å². The highest BCUT2D eigenvalue weighted by Crippen LogP contribution is 2.29. The number of aromatic hydroxyl groups is 2. The van der Waals surface area contributed by atoms with Gasteiger partial charge < -0.3 is 15.5 Å². The summed E-state index contributed by atoms with van der Waals surface area (Å²) in [7, 11) is 0. The topological polar surface area (TPSA) is 95.3 Å². The lowest BCUT2D eigenvalue weighted by molar-refractivity contribution is 0.0942. The predicted octanol–water partition coefficient (Wildman–Crippen LogP) is 3.41. The lowest BCUT2D eigenvalue weighted by Crippen LogP contribution is -2.24. The number of carbonyl (C=O) groups is 1. The molecule has 138 valence electrons. The van der Waals surface area contributed by atoms with Gasteiger partial charge >= 0.3 is 0 Å². The van der Waals surface area contributed by atoms with Crippen LogP contribution in [0.4, 0.5) is 0 Å². The monoisotopic (exact) mass is 363 g/mol. The second-order valence-corrected chi connectivity index (χ2v) is 6.48. The maximum atomic E-state index is 12.6. The molecule has 0 radical (unpaired) electrons. The van der Waals surface area contributed by atoms with Gasteiger partial charge in [0.25, 0.3) is 11.8 Å². The van der Waals surface area contributed by atoms with Crippen molar-refractivity contribution in [2.75, 3.05) is 0 Å². The molecule has 3 N–H and O–H groups in total. The fraction of sp³-hybridized carbons (Fsp3) is 0.190. The van der Waals surface area contributed by atoms with Crippen LogP contribution >= 0.6 is 0 Å². The number of aryl methyl sites for hydroxylation is 2. The number of rotatable bonds is 4. The van der Waals surface area contributed by atoms with Crippen LogP contribution in [0.5, 0.6) is 11.6 Å². The average molecular weight is 363 g/mol. The molecule has 0 fully saturated rings. The fourth-order valence-electron chi connectivity index (χ4n) is 2.70. The highest BCUT2D eigenvalue weighted by atomic mass is 16.3. The van der Waals surface area contributed by atoms with Gasteiger partial charge in [-0.05, 0) is 37.5 Å². The van der Waals surface area contributed by atoms with Crippen molar-refractivity contribution in [3.63, 3.8) is 0 Å². The highest BCUT2D eigenvalue weighted by molar-refractivity contribution is 5.95. The summed E-state index contributed by atoms with van der Waals surface area (Å²) >= 11 is 0. The Bertz CT molecular complexity index is 998. The zero-order chi connectivity index (χ0) is 19.6. The first kappa shape index (κ1) is 18.4. The van der Waals surface area contributed by atoms with Gasteiger partial charge in [0, 0.05) is 12.1 Å². The molecule has 3 rings (SSSR count). The van der Waals surface area contributed by atoms with E-state index in [-0.39, 0.29) is 18.1 Å². The zero-order valence-electron chi connectivity index (χ0n) is 15.4. The van der Waals surface area contributed by atoms with Crippen LogP contribution in [0.15, 0.2) is 42.5 Å². The number of nitrogens with one attached hydrogen (secondary N) is 1. The number of carbonyl (C=O) groups excluding carboxylic acids is 1. The van der Waals surface area contributed by atoms with Gasteiger partial charge in [-0.25, -0.2) is 4.98 Å². The first-order valence-electron chi connectivity index (χ1n) is 8.57. The summed E-state index contributed by atoms with van der Waals surface area (Å²) in [6.07, 6.45) is 0. The predicted molar refractivity (Wildman–Crippen MR) is 103 cm³/mol. The van der Waals surface area contributed by atoms with E-state index in [9.17, 15) is 15.0 Å². The van der Waals surface area contributed by atoms with Crippen LogP contribution in [0.2, 0.25) is 0 Å². The first-order valence-corrected chi connectivity index (χ1v) is 8.57. The molecule has 0 saturated carbocycles. The van der Waals surface area contributed by atoms with E-state index in [0.29, 0.717) is 5.56 Å². The molecule has 1 aromatic heterocycles. The minimum atomic E-state index is -0.635. The number of nitrogens with zero attached hydrogens (tertiary/aromatic N) is 2. The molecule has 0 unspecified atom stereocenters. The molecule has 0 spiro atoms. The van der Waals surface area contributed by atoms with Crippen molar-refractivity contribution in [2.45, 2.75) is 27.3 Å². The average Bonchev–Trinajstić information content (AvgIpc) is 2.65. The SMILES string of the molecule is Cc1ccc(-c2nc(O)c(O)c(C(=O)NCc3cccc(C)c3C)n2)cc1. The molecule has 2 aromatic carbocycles. The Kier molecular flexibility index (Phi) is 5.07. The molecule has 0 bridgehead atoms. The molecule has 3 aromatic rings. The maximum Gasteiger partial charge on any atom is 0.274 e. The zero-order valence-corrected chi connectivity index (χ0v) is 15.4. The van der Waals surface area contributed by atoms with E-state index in [4.69, 9.17) is 0 Å². The van der Waals surface area contributed by atoms with Crippen LogP contribution in [0.3, 0.4) is 0 Å². The molecule has 27 heavy (non-hydrogen) atoms. The van der Waals surface area contributed by atoms with E-state index in [0.717, 1.165) is 22.3 Å². The van der Waals surface area contributed by atoms with Crippen molar-refractivity contribution >= 4 is 5.91 Å². The largest absolute Gasteiger partial charge is 0.501 e. The van der Waals surface area contributed by atoms with Crippen molar-refractivity contribution < 1.29 is 15.0 Å². The summed E-state index contributed by atoms with van der Waals surface area (Å²) in [5.41, 5.74) is 4.63. The Morgan fingerprint density at radius 3 is 2.41 bits per heavy atom. The van der Waals surface area contributed by atoms with E-state index < -0.39 is 17.5 Å². The summed E-state index contributed by atoms with van der Waals surface area (Å²) in [5, 5.41) is 22.7. The highest BCUT2D eigenvalue weighted by Gasteiger charge is 2.20. The molecule has 0 saturated heterocycles. The van der Waals surface area contributed by atoms with Crippen molar-refractivity contribution in [1.82, 2.24) is 15.3 Å². The van der Waals surface area contributed by atoms with E-state index in [1.807, 2.05) is 51.1 Å². The second-order valence-electron chi connectivity index (χ2n) is 6.48. The summed E-state index contributed by atoms with van der Waals surface area (Å²) in [4.78, 5) is 20.6. The normalized spacial score (nSPS) is 10.6. The molecule has 1 heterocycles. The van der Waals surface area contributed by atoms with E-state index in [1.54, 1.807) is 12.1 Å². The number of hydrogen-bond donors (Lipinski definition) is 3. The summed E-state index contributed by atoms with van der Waals surface area (Å²) in [6, 6.07) is 13.2. The molecular formula is C21H21N3O3. The first-order chi connectivity index (χ1) is 12.9. The Balaban J connectivity index is 1.87. The summed E-state index contributed by atoms with van der Waals surface area (Å²) in [5.74, 6) is -1.68. The molecule has 0 aliphatic rings. The molecule has 0 aliphatic carbocycles. The molecular weight excluding hydrogens is 342 g/mol. The van der Waals surface area contributed by atoms with Crippen LogP contribution in [0.25, 0.3) is 11.4 Å². The minimum Gasteiger partial charge on any atom is -0.501 e. The Labute approximate surface area is 157 Å². The molecule has 0 aliphatic heterocycles. The van der Waals surface area contributed by atoms with E-state index in [2.05, 4.69) is 15.3 Å². The second kappa shape index (κ2) is 7.45. The van der Waals surface area contributed by atoms with E-state index >= 15 is 0 Å². The van der Waals surface area contributed by atoms with E-state index in [1.165, 1.54) is 0 Å². The van der Waals surface area contributed by atoms with Gasteiger partial charge in [-0.2, -0.15) is 4.98 Å². The third-order valence-electron chi connectivity index (χ3n) is 4.55. The minimum absolute atomic E-state index is 0.169. The van der Waals surface area contributed by atoms with Gasteiger partial charge in [0.1, 0.15) is 0 Å². The van der Waals surface area contributed by atoms with Crippen LogP contribution in [-0.4, -0.2) is 26.1 Å². The van der Waals surface area contributed by atoms with Crippen LogP contribution < -0.4 is 5.32 Å². The number of aromatic nitrogens is 2. The van der Waals surface area contributed by atoms with Crippen LogP contribution in [0.1, 0.15) is 32.7 Å². The van der Waals surface area contributed by atoms with Gasteiger partial charge in [-0.3, -0.25) is 4.79 Å². The van der Waals surface area contributed by atoms with Gasteiger partial charge in [0.15, 0.2) is 11.5 Å². The standard InChI is InChI=1S/C21H21N3O3/c1-12-7-9-15(10-8-12)19-23-17(18(25)21(27)24-19)20(26)22-11-16-6-4-5-13(2)14(16)3/h4-10,25H,11H2,1-3H3,(H,22,26)(H,23,24,27). The van der Waals surface area contributed by atoms with Crippen molar-refractivity contribution in [1.29, 1.82) is 0 Å². The molecule has 1 amide bonds. The molecule has 6 nitrogen and oxygen atoms in total. The van der Waals surface area contributed by atoms with Crippen LogP contribution in [0, 0.1) is 20.8 Å². The Morgan fingerprint density at radius 2 is 1.70 bits per heavy atom. The summed E-state index contributed by atoms with van der Waals surface area (Å²) < 4.78 is 0. The van der Waals surface area contributed by atoms with Crippen LogP contribution in [-0.2, 0) is 6.54 Å². The fourth-order valence-corrected chi connectivity index (χ4v) is 2.70. The van der Waals surface area contributed by atoms with Gasteiger partial charge in [-0.15, -0.1) is 0 Å². The van der Waals surface area contributed by atoms with Crippen molar-refractivity contribution in [2.24, 2.45) is 0 Å². The quantitative estimate of drug-likeness (QED) is 0.660. The summed E-state index contributed by atoms with van der Waals surface area (Å²) in [6.45, 7) is 6.23.